The first kappa shape index (κ1) is 95.4. The standard InChI is InChI=1S/C76H105FN18O19S2/c1-40(80)64(101)83-36-61(100)84-58(38-115)73(110)86-49(23-13-15-27-78)65(102)90-56(34-60(81)99)70(107)88-52(29-43-17-7-4-8-18-43)67(104)87-53(30-44-19-9-5-10-20-44)68(105)89-55(32-46-35-82-51-33-47(77)25-26-48(46)51)69(106)85-50(24-14-16-28-79)66(103)94-62(41(2)97)74(111)91-54(31-45-21-11-6-12-22-45)71(108)95-63(42(3)98)75(112)92-57(37-96)72(109)93-59(39-116)76(113)114/h4-12,17-22,25-26,33,35,40-42,49-50,52-59,62-63,82,96-98,115-116H,13-16,23-24,27-32,34,36-39,78-80H2,1-3H3,(H2,81,99)(H,83,101)(H,84,100)(H,85,106)(H,86,110)(H,87,104)(H,88,107)(H,89,105)(H,90,102)(H,91,111)(H,92,112)(H,93,109)(H,94,103)(H,95,108)(H,113,114)/t40-,41+,42+,49-,50-,52-,53-,54-,55-,56-,57-,58-,59-,62-,63-/m0/s1. The molecule has 5 aromatic rings. The predicted octanol–water partition coefficient (Wildman–Crippen LogP) is -5.31. The fraction of sp³-hybridized carbons (Fsp3) is 0.461. The molecule has 0 saturated carbocycles. The van der Waals surface area contributed by atoms with Crippen molar-refractivity contribution in [2.45, 2.75) is 182 Å². The Hall–Kier alpha value is -11.1. The Kier molecular flexibility index (Phi) is 40.3. The number of carbonyl (C=O) groups excluding carboxylic acids is 14. The van der Waals surface area contributed by atoms with Gasteiger partial charge in [0.25, 0.3) is 0 Å². The first-order valence-electron chi connectivity index (χ1n) is 37.3. The third kappa shape index (κ3) is 31.6. The van der Waals surface area contributed by atoms with Crippen LogP contribution < -0.4 is 92.1 Å². The zero-order valence-corrected chi connectivity index (χ0v) is 65.9. The molecule has 0 aliphatic carbocycles. The summed E-state index contributed by atoms with van der Waals surface area (Å²) < 4.78 is 14.7. The van der Waals surface area contributed by atoms with Crippen LogP contribution in [0.1, 0.15) is 88.0 Å². The lowest BCUT2D eigenvalue weighted by atomic mass is 10.00. The molecule has 1 aromatic heterocycles. The number of amides is 14. The maximum Gasteiger partial charge on any atom is 0.327 e. The number of nitrogens with two attached hydrogens (primary N) is 4. The van der Waals surface area contributed by atoms with Crippen molar-refractivity contribution in [2.24, 2.45) is 22.9 Å². The number of aliphatic hydroxyl groups excluding tert-OH is 3. The van der Waals surface area contributed by atoms with Gasteiger partial charge >= 0.3 is 5.97 Å². The molecule has 0 unspecified atom stereocenters. The van der Waals surface area contributed by atoms with Crippen molar-refractivity contribution in [3.8, 4) is 0 Å². The molecule has 40 heteroatoms. The predicted molar refractivity (Wildman–Crippen MR) is 428 cm³/mol. The van der Waals surface area contributed by atoms with Crippen LogP contribution in [0.4, 0.5) is 4.39 Å². The van der Waals surface area contributed by atoms with E-state index in [9.17, 15) is 82.4 Å². The molecule has 0 radical (unpaired) electrons. The molecule has 0 fully saturated rings. The lowest BCUT2D eigenvalue weighted by molar-refractivity contribution is -0.142. The highest BCUT2D eigenvalue weighted by Gasteiger charge is 2.39. The number of rotatable bonds is 50. The number of carbonyl (C=O) groups is 15. The molecule has 116 heavy (non-hydrogen) atoms. The number of H-pyrrole nitrogens is 1. The van der Waals surface area contributed by atoms with Crippen LogP contribution in [0, 0.1) is 5.82 Å². The number of primary amides is 1. The van der Waals surface area contributed by atoms with Crippen LogP contribution in [-0.2, 0) is 97.6 Å². The summed E-state index contributed by atoms with van der Waals surface area (Å²) >= 11 is 8.08. The van der Waals surface area contributed by atoms with Gasteiger partial charge in [0.05, 0.1) is 37.8 Å². The molecule has 0 aliphatic heterocycles. The summed E-state index contributed by atoms with van der Waals surface area (Å²) in [6.07, 6.45) is -3.57. The lowest BCUT2D eigenvalue weighted by Gasteiger charge is -2.29. The second-order valence-corrected chi connectivity index (χ2v) is 28.3. The van der Waals surface area contributed by atoms with E-state index in [1.165, 1.54) is 25.3 Å². The van der Waals surface area contributed by atoms with Gasteiger partial charge in [-0.15, -0.1) is 0 Å². The summed E-state index contributed by atoms with van der Waals surface area (Å²) in [5.41, 5.74) is 24.8. The number of hydrogen-bond acceptors (Lipinski definition) is 23. The van der Waals surface area contributed by atoms with Gasteiger partial charge in [0, 0.05) is 54.3 Å². The molecule has 0 aliphatic rings. The Morgan fingerprint density at radius 3 is 1.21 bits per heavy atom. The van der Waals surface area contributed by atoms with E-state index in [0.29, 0.717) is 34.1 Å². The van der Waals surface area contributed by atoms with Gasteiger partial charge < -0.3 is 117 Å². The quantitative estimate of drug-likeness (QED) is 0.0128. The van der Waals surface area contributed by atoms with Crippen molar-refractivity contribution in [3.63, 3.8) is 0 Å². The van der Waals surface area contributed by atoms with Crippen LogP contribution in [-0.4, -0.2) is 243 Å². The van der Waals surface area contributed by atoms with Gasteiger partial charge in [-0.2, -0.15) is 25.3 Å². The molecule has 4 aromatic carbocycles. The summed E-state index contributed by atoms with van der Waals surface area (Å²) in [7, 11) is 0. The molecule has 0 bridgehead atoms. The number of thiol groups is 2. The summed E-state index contributed by atoms with van der Waals surface area (Å²) in [5, 5.41) is 73.8. The van der Waals surface area contributed by atoms with Gasteiger partial charge in [-0.1, -0.05) is 91.0 Å². The van der Waals surface area contributed by atoms with E-state index in [4.69, 9.17) is 22.9 Å². The topological polar surface area (TPSA) is 613 Å². The van der Waals surface area contributed by atoms with E-state index in [1.807, 2.05) is 0 Å². The number of carboxylic acid groups (broad SMARTS) is 1. The van der Waals surface area contributed by atoms with Gasteiger partial charge in [-0.3, -0.25) is 67.1 Å². The highest BCUT2D eigenvalue weighted by molar-refractivity contribution is 7.80. The Balaban J connectivity index is 1.48. The number of unbranched alkanes of at least 4 members (excludes halogenated alkanes) is 2. The number of halogens is 1. The molecule has 0 spiro atoms. The third-order valence-corrected chi connectivity index (χ3v) is 18.9. The van der Waals surface area contributed by atoms with E-state index in [1.54, 1.807) is 91.0 Å². The molecular weight excluding hydrogens is 1550 g/mol. The largest absolute Gasteiger partial charge is 0.480 e. The van der Waals surface area contributed by atoms with Crippen molar-refractivity contribution < 1.29 is 96.7 Å². The van der Waals surface area contributed by atoms with Gasteiger partial charge in [0.1, 0.15) is 78.3 Å². The molecule has 5 rings (SSSR count). The Morgan fingerprint density at radius 2 is 0.802 bits per heavy atom. The minimum absolute atomic E-state index is 0.0911. The number of benzene rings is 4. The van der Waals surface area contributed by atoms with Crippen molar-refractivity contribution >= 4 is 125 Å². The number of nitrogens with one attached hydrogen (secondary N) is 14. The van der Waals surface area contributed by atoms with Crippen LogP contribution in [0.2, 0.25) is 0 Å². The van der Waals surface area contributed by atoms with Crippen molar-refractivity contribution in [1.29, 1.82) is 0 Å². The van der Waals surface area contributed by atoms with Gasteiger partial charge in [-0.25, -0.2) is 9.18 Å². The summed E-state index contributed by atoms with van der Waals surface area (Å²) in [6, 6.07) is 6.98. The number of fused-ring (bicyclic) bond motifs is 1. The molecular formula is C76H105FN18O19S2. The van der Waals surface area contributed by atoms with Crippen LogP contribution in [0.25, 0.3) is 10.9 Å². The smallest absolute Gasteiger partial charge is 0.327 e. The Bertz CT molecular complexity index is 4160. The molecule has 15 atom stereocenters. The summed E-state index contributed by atoms with van der Waals surface area (Å²) in [4.78, 5) is 211. The van der Waals surface area contributed by atoms with E-state index in [2.05, 4.69) is 99.4 Å². The van der Waals surface area contributed by atoms with Crippen molar-refractivity contribution in [2.75, 3.05) is 37.7 Å². The number of aliphatic hydroxyl groups is 3. The van der Waals surface area contributed by atoms with E-state index < -0.39 is 211 Å². The molecule has 1 heterocycles. The van der Waals surface area contributed by atoms with E-state index in [-0.39, 0.29) is 81.5 Å². The molecule has 14 amide bonds. The van der Waals surface area contributed by atoms with Crippen LogP contribution in [0.3, 0.4) is 0 Å². The Labute approximate surface area is 678 Å². The molecule has 26 N–H and O–H groups in total. The normalized spacial score (nSPS) is 15.0. The van der Waals surface area contributed by atoms with Crippen LogP contribution >= 0.6 is 25.3 Å². The maximum absolute atomic E-state index is 15.4. The van der Waals surface area contributed by atoms with Crippen LogP contribution in [0.15, 0.2) is 115 Å². The average molecular weight is 1660 g/mol. The molecule has 632 valence electrons. The number of aromatic amines is 1. The summed E-state index contributed by atoms with van der Waals surface area (Å²) in [5.74, 6) is -17.4. The monoisotopic (exact) mass is 1660 g/mol. The number of aromatic nitrogens is 1. The van der Waals surface area contributed by atoms with Gasteiger partial charge in [-0.05, 0) is 113 Å². The number of carboxylic acids is 1. The fourth-order valence-corrected chi connectivity index (χ4v) is 12.3. The zero-order valence-electron chi connectivity index (χ0n) is 64.1. The van der Waals surface area contributed by atoms with Crippen molar-refractivity contribution in [1.82, 2.24) is 74.1 Å². The lowest BCUT2D eigenvalue weighted by Crippen LogP contribution is -2.63. The highest BCUT2D eigenvalue weighted by atomic mass is 32.1. The van der Waals surface area contributed by atoms with E-state index >= 15 is 14.4 Å². The minimum Gasteiger partial charge on any atom is -0.480 e. The SMILES string of the molecule is C[C@H](N)C(=O)NCC(=O)N[C@@H](CS)C(=O)N[C@@H](CCCCN)C(=O)N[C@@H](CC(N)=O)C(=O)N[C@@H](Cc1ccccc1)C(=O)N[C@@H](Cc1ccccc1)C(=O)N[C@@H](Cc1c[nH]c2cc(F)ccc12)C(=O)N[C@@H](CCCCN)C(=O)N[C@H](C(=O)N[C@@H](Cc1ccccc1)C(=O)N[C@H](C(=O)N[C@@H](CO)C(=O)N[C@@H](CS)C(=O)O)[C@@H](C)O)[C@@H](C)O. The van der Waals surface area contributed by atoms with Gasteiger partial charge in [0.15, 0.2) is 0 Å². The second-order valence-electron chi connectivity index (χ2n) is 27.5. The molecule has 0 saturated heterocycles. The Morgan fingerprint density at radius 1 is 0.440 bits per heavy atom. The first-order valence-corrected chi connectivity index (χ1v) is 38.6. The van der Waals surface area contributed by atoms with E-state index in [0.717, 1.165) is 19.9 Å². The second kappa shape index (κ2) is 48.9. The minimum atomic E-state index is -1.94. The van der Waals surface area contributed by atoms with Gasteiger partial charge in [0.2, 0.25) is 82.7 Å². The fourth-order valence-electron chi connectivity index (χ4n) is 11.8. The van der Waals surface area contributed by atoms with Crippen LogP contribution in [0.5, 0.6) is 0 Å². The average Bonchev–Trinajstić information content (AvgIpc) is 1.74. The number of hydrogen-bond donors (Lipinski definition) is 24. The maximum atomic E-state index is 15.4. The number of aliphatic carboxylic acids is 1. The van der Waals surface area contributed by atoms with Crippen molar-refractivity contribution in [3.05, 3.63) is 143 Å². The molecule has 37 nitrogen and oxygen atoms in total. The zero-order chi connectivity index (χ0) is 85.7. The summed E-state index contributed by atoms with van der Waals surface area (Å²) in [6.45, 7) is 2.24. The third-order valence-electron chi connectivity index (χ3n) is 18.1. The first-order chi connectivity index (χ1) is 55.2. The highest BCUT2D eigenvalue weighted by Crippen LogP contribution is 2.22.